The Morgan fingerprint density at radius 3 is 2.91 bits per heavy atom. The lowest BCUT2D eigenvalue weighted by molar-refractivity contribution is -0.116. The van der Waals surface area contributed by atoms with Crippen LogP contribution >= 0.6 is 23.1 Å². The number of nitrogens with two attached hydrogens (primary N) is 1. The van der Waals surface area contributed by atoms with E-state index in [1.165, 1.54) is 27.9 Å². The van der Waals surface area contributed by atoms with E-state index in [4.69, 9.17) is 14.9 Å². The molecule has 3 heterocycles. The highest BCUT2D eigenvalue weighted by atomic mass is 32.2. The number of H-pyrrole nitrogens is 1. The summed E-state index contributed by atoms with van der Waals surface area (Å²) in [6.45, 7) is 2.56. The molecule has 0 aliphatic rings. The zero-order chi connectivity index (χ0) is 23.1. The van der Waals surface area contributed by atoms with Gasteiger partial charge in [0.1, 0.15) is 5.82 Å². The maximum Gasteiger partial charge on any atom is 0.330 e. The van der Waals surface area contributed by atoms with Gasteiger partial charge in [0.25, 0.3) is 16.7 Å². The molecule has 13 heteroatoms. The normalized spacial score (nSPS) is 11.1. The molecule has 3 N–H and O–H groups in total. The smallest absolute Gasteiger partial charge is 0.330 e. The molecule has 11 nitrogen and oxygen atoms in total. The minimum absolute atomic E-state index is 0.0561. The Morgan fingerprint density at radius 2 is 2.22 bits per heavy atom. The van der Waals surface area contributed by atoms with Crippen molar-refractivity contribution in [2.24, 2.45) is 0 Å². The number of hydrogen-bond donors (Lipinski definition) is 2. The third-order valence-corrected chi connectivity index (χ3v) is 6.16. The van der Waals surface area contributed by atoms with Crippen molar-refractivity contribution >= 4 is 40.5 Å². The van der Waals surface area contributed by atoms with Crippen LogP contribution in [0.25, 0.3) is 10.8 Å². The van der Waals surface area contributed by atoms with E-state index in [0.29, 0.717) is 18.9 Å². The summed E-state index contributed by atoms with van der Waals surface area (Å²) < 4.78 is 11.9. The third kappa shape index (κ3) is 5.47. The van der Waals surface area contributed by atoms with Gasteiger partial charge < -0.3 is 19.8 Å². The molecule has 0 aromatic carbocycles. The number of anilines is 2. The number of carbonyl (C=O) groups excluding carboxylic acids is 1. The van der Waals surface area contributed by atoms with Crippen LogP contribution < -0.4 is 21.9 Å². The molecule has 0 spiro atoms. The number of carbonyl (C=O) groups is 1. The number of hydrogen-bond acceptors (Lipinski definition) is 10. The van der Waals surface area contributed by atoms with Gasteiger partial charge in [0.2, 0.25) is 5.91 Å². The largest absolute Gasteiger partial charge is 0.410 e. The van der Waals surface area contributed by atoms with E-state index in [-0.39, 0.29) is 35.6 Å². The van der Waals surface area contributed by atoms with Gasteiger partial charge in [-0.1, -0.05) is 31.2 Å². The molecule has 3 aromatic rings. The van der Waals surface area contributed by atoms with E-state index >= 15 is 0 Å². The Labute approximate surface area is 191 Å². The van der Waals surface area contributed by atoms with Crippen LogP contribution in [0.15, 0.2) is 36.7 Å². The van der Waals surface area contributed by atoms with Crippen LogP contribution in [0.5, 0.6) is 0 Å². The first-order chi connectivity index (χ1) is 15.5. The van der Waals surface area contributed by atoms with Crippen molar-refractivity contribution in [1.82, 2.24) is 19.7 Å². The maximum absolute atomic E-state index is 13.0. The van der Waals surface area contributed by atoms with Gasteiger partial charge >= 0.3 is 5.69 Å². The molecular weight excluding hydrogens is 456 g/mol. The summed E-state index contributed by atoms with van der Waals surface area (Å²) in [5.41, 5.74) is 4.75. The van der Waals surface area contributed by atoms with E-state index in [0.717, 1.165) is 23.1 Å². The Bertz CT molecular complexity index is 1150. The van der Waals surface area contributed by atoms with Crippen LogP contribution in [0.3, 0.4) is 0 Å². The number of thiophene rings is 1. The molecule has 32 heavy (non-hydrogen) atoms. The zero-order valence-corrected chi connectivity index (χ0v) is 19.3. The highest BCUT2D eigenvalue weighted by Gasteiger charge is 2.25. The van der Waals surface area contributed by atoms with Crippen LogP contribution in [0, 0.1) is 0 Å². The molecule has 0 aliphatic carbocycles. The summed E-state index contributed by atoms with van der Waals surface area (Å²) in [4.78, 5) is 42.1. The van der Waals surface area contributed by atoms with E-state index in [2.05, 4.69) is 15.2 Å². The highest BCUT2D eigenvalue weighted by molar-refractivity contribution is 7.99. The number of thioether (sulfide) groups is 1. The summed E-state index contributed by atoms with van der Waals surface area (Å²) in [5.74, 6) is -0.182. The minimum atomic E-state index is -0.729. The first kappa shape index (κ1) is 23.8. The molecule has 3 aromatic heterocycles. The Hall–Kier alpha value is -2.90. The fourth-order valence-electron chi connectivity index (χ4n) is 2.89. The van der Waals surface area contributed by atoms with Crippen molar-refractivity contribution in [2.75, 3.05) is 36.6 Å². The summed E-state index contributed by atoms with van der Waals surface area (Å²) in [7, 11) is 1.48. The van der Waals surface area contributed by atoms with Crippen LogP contribution in [0.1, 0.15) is 19.8 Å². The molecular formula is C19H24N6O5S2. The van der Waals surface area contributed by atoms with Crippen LogP contribution in [-0.4, -0.2) is 51.7 Å². The molecule has 3 rings (SSSR count). The number of aromatic nitrogens is 4. The molecule has 0 atom stereocenters. The van der Waals surface area contributed by atoms with Gasteiger partial charge in [0.15, 0.2) is 5.69 Å². The predicted molar refractivity (Wildman–Crippen MR) is 123 cm³/mol. The van der Waals surface area contributed by atoms with Gasteiger partial charge in [-0.3, -0.25) is 19.1 Å². The Kier molecular flexibility index (Phi) is 8.25. The number of amides is 1. The number of nitrogens with zero attached hydrogens (tertiary/aromatic N) is 4. The average molecular weight is 481 g/mol. The summed E-state index contributed by atoms with van der Waals surface area (Å²) in [5, 5.41) is 10.1. The molecule has 0 bridgehead atoms. The lowest BCUT2D eigenvalue weighted by atomic mass is 10.3. The van der Waals surface area contributed by atoms with E-state index < -0.39 is 17.2 Å². The van der Waals surface area contributed by atoms with E-state index in [9.17, 15) is 14.4 Å². The molecule has 0 unspecified atom stereocenters. The van der Waals surface area contributed by atoms with Crippen molar-refractivity contribution < 1.29 is 13.9 Å². The van der Waals surface area contributed by atoms with Crippen molar-refractivity contribution in [2.45, 2.75) is 31.5 Å². The van der Waals surface area contributed by atoms with Gasteiger partial charge in [-0.05, 0) is 17.9 Å². The van der Waals surface area contributed by atoms with Gasteiger partial charge in [-0.25, -0.2) is 4.79 Å². The SMILES string of the molecule is CCCCn1c(N)c(N(CCOC)C(=O)CSc2nnc(-c3cccs3)o2)c(=O)[nH]c1=O. The second kappa shape index (κ2) is 11.1. The fraction of sp³-hybridized carbons (Fsp3) is 0.421. The van der Waals surface area contributed by atoms with Gasteiger partial charge in [0, 0.05) is 20.2 Å². The summed E-state index contributed by atoms with van der Waals surface area (Å²) in [6, 6.07) is 3.73. The fourth-order valence-corrected chi connectivity index (χ4v) is 4.17. The number of nitrogen functional groups attached to an aromatic ring is 1. The molecule has 0 saturated carbocycles. The average Bonchev–Trinajstić information content (AvgIpc) is 3.46. The maximum atomic E-state index is 13.0. The Balaban J connectivity index is 1.82. The topological polar surface area (TPSA) is 149 Å². The quantitative estimate of drug-likeness (QED) is 0.392. The minimum Gasteiger partial charge on any atom is -0.410 e. The number of nitrogens with one attached hydrogen (secondary N) is 1. The Morgan fingerprint density at radius 1 is 1.41 bits per heavy atom. The van der Waals surface area contributed by atoms with Crippen molar-refractivity contribution in [3.63, 3.8) is 0 Å². The van der Waals surface area contributed by atoms with E-state index in [1.807, 2.05) is 24.4 Å². The number of unbranched alkanes of at least 4 members (excludes halogenated alkanes) is 1. The first-order valence-electron chi connectivity index (χ1n) is 9.88. The lowest BCUT2D eigenvalue weighted by Gasteiger charge is -2.24. The molecule has 0 radical (unpaired) electrons. The highest BCUT2D eigenvalue weighted by Crippen LogP contribution is 2.27. The van der Waals surface area contributed by atoms with E-state index in [1.54, 1.807) is 0 Å². The number of methoxy groups -OCH3 is 1. The monoisotopic (exact) mass is 480 g/mol. The van der Waals surface area contributed by atoms with Crippen molar-refractivity contribution in [3.05, 3.63) is 38.4 Å². The van der Waals surface area contributed by atoms with Crippen LogP contribution in [0.2, 0.25) is 0 Å². The third-order valence-electron chi connectivity index (χ3n) is 4.50. The lowest BCUT2D eigenvalue weighted by Crippen LogP contribution is -2.43. The van der Waals surface area contributed by atoms with Gasteiger partial charge in [-0.2, -0.15) is 0 Å². The predicted octanol–water partition coefficient (Wildman–Crippen LogP) is 1.80. The van der Waals surface area contributed by atoms with Crippen LogP contribution in [-0.2, 0) is 16.1 Å². The number of ether oxygens (including phenoxy) is 1. The summed E-state index contributed by atoms with van der Waals surface area (Å²) in [6.07, 6.45) is 1.53. The molecule has 0 fully saturated rings. The standard InChI is InChI=1S/C19H24N6O5S2/c1-3-4-7-25-15(20)14(16(27)21-18(25)28)24(8-9-29-2)13(26)11-32-19-23-22-17(30-19)12-6-5-10-31-12/h5-6,10H,3-4,7-9,11,20H2,1-2H3,(H,21,27,28). The van der Waals surface area contributed by atoms with Crippen molar-refractivity contribution in [3.8, 4) is 10.8 Å². The molecule has 172 valence electrons. The van der Waals surface area contributed by atoms with Crippen molar-refractivity contribution in [1.29, 1.82) is 0 Å². The van der Waals surface area contributed by atoms with Gasteiger partial charge in [-0.15, -0.1) is 21.5 Å². The van der Waals surface area contributed by atoms with Crippen LogP contribution in [0.4, 0.5) is 11.5 Å². The second-order valence-electron chi connectivity index (χ2n) is 6.68. The zero-order valence-electron chi connectivity index (χ0n) is 17.7. The second-order valence-corrected chi connectivity index (χ2v) is 8.55. The molecule has 0 aliphatic heterocycles. The first-order valence-corrected chi connectivity index (χ1v) is 11.7. The summed E-state index contributed by atoms with van der Waals surface area (Å²) >= 11 is 2.51. The number of rotatable bonds is 11. The molecule has 0 saturated heterocycles. The molecule has 1 amide bonds. The number of aromatic amines is 1. The van der Waals surface area contributed by atoms with Gasteiger partial charge in [0.05, 0.1) is 17.2 Å².